The van der Waals surface area contributed by atoms with E-state index in [-0.39, 0.29) is 34.9 Å². The summed E-state index contributed by atoms with van der Waals surface area (Å²) in [4.78, 5) is 23.2. The van der Waals surface area contributed by atoms with Crippen molar-refractivity contribution < 1.29 is 22.9 Å². The van der Waals surface area contributed by atoms with Crippen LogP contribution in [-0.4, -0.2) is 38.2 Å². The number of rotatable bonds is 4. The number of benzene rings is 2. The van der Waals surface area contributed by atoms with Crippen molar-refractivity contribution in [3.63, 3.8) is 0 Å². The number of nitrogens with one attached hydrogen (secondary N) is 1. The third-order valence-corrected chi connectivity index (χ3v) is 5.62. The molecule has 1 N–H and O–H groups in total. The van der Waals surface area contributed by atoms with Crippen molar-refractivity contribution in [3.8, 4) is 5.75 Å². The van der Waals surface area contributed by atoms with Crippen LogP contribution in [0.15, 0.2) is 36.4 Å². The molecule has 9 nitrogen and oxygen atoms in total. The maximum Gasteiger partial charge on any atom is 0.274 e. The monoisotopic (exact) mass is 425 g/mol. The van der Waals surface area contributed by atoms with Gasteiger partial charge >= 0.3 is 0 Å². The van der Waals surface area contributed by atoms with Crippen LogP contribution < -0.4 is 14.4 Å². The summed E-state index contributed by atoms with van der Waals surface area (Å²) in [5, 5.41) is 14.0. The Bertz CT molecular complexity index is 1070. The molecule has 1 aliphatic rings. The van der Waals surface area contributed by atoms with E-state index in [9.17, 15) is 23.3 Å². The van der Waals surface area contributed by atoms with Crippen LogP contribution in [0.4, 0.5) is 17.1 Å². The van der Waals surface area contributed by atoms with Crippen LogP contribution in [0.1, 0.15) is 5.56 Å². The Morgan fingerprint density at radius 2 is 2.07 bits per heavy atom. The zero-order chi connectivity index (χ0) is 20.6. The molecule has 1 atom stereocenters. The van der Waals surface area contributed by atoms with E-state index in [2.05, 4.69) is 5.32 Å². The molecule has 0 spiro atoms. The van der Waals surface area contributed by atoms with Gasteiger partial charge in [-0.05, 0) is 31.2 Å². The maximum atomic E-state index is 12.7. The zero-order valence-electron chi connectivity index (χ0n) is 14.9. The van der Waals surface area contributed by atoms with Gasteiger partial charge in [-0.15, -0.1) is 0 Å². The van der Waals surface area contributed by atoms with Crippen molar-refractivity contribution in [2.45, 2.75) is 13.0 Å². The molecule has 3 rings (SSSR count). The quantitative estimate of drug-likeness (QED) is 0.594. The molecule has 0 radical (unpaired) electrons. The molecule has 0 aromatic heterocycles. The van der Waals surface area contributed by atoms with Crippen LogP contribution in [0, 0.1) is 17.0 Å². The fraction of sp³-hybridized carbons (Fsp3) is 0.235. The predicted octanol–water partition coefficient (Wildman–Crippen LogP) is 2.72. The molecule has 0 unspecified atom stereocenters. The van der Waals surface area contributed by atoms with Crippen molar-refractivity contribution in [2.75, 3.05) is 22.4 Å². The SMILES string of the molecule is Cc1c(NC(=O)[C@H]2CN(S(C)(=O)=O)c3cc(Cl)ccc3O2)cccc1[N+](=O)[O-]. The number of amides is 1. The van der Waals surface area contributed by atoms with Crippen molar-refractivity contribution in [3.05, 3.63) is 57.1 Å². The van der Waals surface area contributed by atoms with Gasteiger partial charge in [0.05, 0.1) is 34.7 Å². The van der Waals surface area contributed by atoms with Crippen molar-refractivity contribution in [1.82, 2.24) is 0 Å². The van der Waals surface area contributed by atoms with E-state index in [1.807, 2.05) is 0 Å². The third-order valence-electron chi connectivity index (χ3n) is 4.24. The predicted molar refractivity (Wildman–Crippen MR) is 105 cm³/mol. The van der Waals surface area contributed by atoms with Crippen LogP contribution in [-0.2, 0) is 14.8 Å². The van der Waals surface area contributed by atoms with E-state index in [1.54, 1.807) is 0 Å². The van der Waals surface area contributed by atoms with E-state index in [1.165, 1.54) is 43.3 Å². The lowest BCUT2D eigenvalue weighted by atomic mass is 10.1. The van der Waals surface area contributed by atoms with Crippen LogP contribution in [0.25, 0.3) is 0 Å². The lowest BCUT2D eigenvalue weighted by Crippen LogP contribution is -2.48. The number of halogens is 1. The highest BCUT2D eigenvalue weighted by atomic mass is 35.5. The van der Waals surface area contributed by atoms with Gasteiger partial charge in [-0.25, -0.2) is 8.42 Å². The van der Waals surface area contributed by atoms with Gasteiger partial charge in [0.25, 0.3) is 11.6 Å². The second kappa shape index (κ2) is 7.28. The van der Waals surface area contributed by atoms with Gasteiger partial charge < -0.3 is 10.1 Å². The minimum atomic E-state index is -3.70. The van der Waals surface area contributed by atoms with Gasteiger partial charge in [0.2, 0.25) is 10.0 Å². The number of hydrogen-bond donors (Lipinski definition) is 1. The van der Waals surface area contributed by atoms with Gasteiger partial charge in [0.1, 0.15) is 5.75 Å². The highest BCUT2D eigenvalue weighted by molar-refractivity contribution is 7.92. The van der Waals surface area contributed by atoms with E-state index in [0.29, 0.717) is 5.02 Å². The molecule has 0 bridgehead atoms. The Hall–Kier alpha value is -2.85. The van der Waals surface area contributed by atoms with Crippen molar-refractivity contribution in [2.24, 2.45) is 0 Å². The highest BCUT2D eigenvalue weighted by Crippen LogP contribution is 2.37. The summed E-state index contributed by atoms with van der Waals surface area (Å²) in [6, 6.07) is 8.73. The first-order valence-electron chi connectivity index (χ1n) is 8.06. The minimum absolute atomic E-state index is 0.139. The number of ether oxygens (including phenoxy) is 1. The van der Waals surface area contributed by atoms with Gasteiger partial charge in [-0.2, -0.15) is 0 Å². The lowest BCUT2D eigenvalue weighted by molar-refractivity contribution is -0.385. The highest BCUT2D eigenvalue weighted by Gasteiger charge is 2.35. The Morgan fingerprint density at radius 1 is 1.36 bits per heavy atom. The van der Waals surface area contributed by atoms with Crippen LogP contribution in [0.3, 0.4) is 0 Å². The molecular weight excluding hydrogens is 410 g/mol. The Kier molecular flexibility index (Phi) is 5.18. The largest absolute Gasteiger partial charge is 0.476 e. The van der Waals surface area contributed by atoms with Crippen molar-refractivity contribution in [1.29, 1.82) is 0 Å². The number of carbonyl (C=O) groups is 1. The van der Waals surface area contributed by atoms with E-state index in [4.69, 9.17) is 16.3 Å². The number of hydrogen-bond acceptors (Lipinski definition) is 6. The molecule has 2 aromatic rings. The lowest BCUT2D eigenvalue weighted by Gasteiger charge is -2.34. The molecule has 1 amide bonds. The number of nitrogens with zero attached hydrogens (tertiary/aromatic N) is 2. The van der Waals surface area contributed by atoms with Crippen LogP contribution in [0.5, 0.6) is 5.75 Å². The molecule has 28 heavy (non-hydrogen) atoms. The third kappa shape index (κ3) is 3.87. The standard InChI is InChI=1S/C17H16ClN3O6S/c1-10-12(4-3-5-13(10)21(23)24)19-17(22)16-9-20(28(2,25)26)14-8-11(18)6-7-15(14)27-16/h3-8,16H,9H2,1-2H3,(H,19,22)/t16-/m1/s1. The smallest absolute Gasteiger partial charge is 0.274 e. The Labute approximate surface area is 166 Å². The zero-order valence-corrected chi connectivity index (χ0v) is 16.5. The van der Waals surface area contributed by atoms with Crippen LogP contribution in [0.2, 0.25) is 5.02 Å². The van der Waals surface area contributed by atoms with E-state index >= 15 is 0 Å². The summed E-state index contributed by atoms with van der Waals surface area (Å²) in [6.45, 7) is 1.25. The van der Waals surface area contributed by atoms with Gasteiger partial charge in [-0.3, -0.25) is 19.2 Å². The molecule has 0 saturated carbocycles. The van der Waals surface area contributed by atoms with Crippen molar-refractivity contribution >= 4 is 44.6 Å². The topological polar surface area (TPSA) is 119 Å². The normalized spacial score (nSPS) is 16.1. The summed E-state index contributed by atoms with van der Waals surface area (Å²) >= 11 is 5.94. The molecule has 2 aromatic carbocycles. The molecule has 1 aliphatic heterocycles. The first kappa shape index (κ1) is 19.9. The fourth-order valence-electron chi connectivity index (χ4n) is 2.84. The minimum Gasteiger partial charge on any atom is -0.476 e. The molecule has 1 heterocycles. The number of sulfonamides is 1. The van der Waals surface area contributed by atoms with E-state index < -0.39 is 27.0 Å². The summed E-state index contributed by atoms with van der Waals surface area (Å²) < 4.78 is 31.1. The van der Waals surface area contributed by atoms with Gasteiger partial charge in [0, 0.05) is 11.1 Å². The Balaban J connectivity index is 1.91. The van der Waals surface area contributed by atoms with Crippen LogP contribution >= 0.6 is 11.6 Å². The molecule has 148 valence electrons. The second-order valence-electron chi connectivity index (χ2n) is 6.21. The summed E-state index contributed by atoms with van der Waals surface area (Å²) in [5.41, 5.74) is 0.630. The fourth-order valence-corrected chi connectivity index (χ4v) is 3.92. The first-order chi connectivity index (χ1) is 13.1. The average Bonchev–Trinajstić information content (AvgIpc) is 2.61. The number of nitro groups is 1. The molecule has 0 aliphatic carbocycles. The van der Waals surface area contributed by atoms with Gasteiger partial charge in [0.15, 0.2) is 6.10 Å². The first-order valence-corrected chi connectivity index (χ1v) is 10.3. The number of anilines is 2. The molecule has 0 saturated heterocycles. The summed E-state index contributed by atoms with van der Waals surface area (Å²) in [7, 11) is -3.70. The average molecular weight is 426 g/mol. The van der Waals surface area contributed by atoms with E-state index in [0.717, 1.165) is 10.6 Å². The number of nitro benzene ring substituents is 1. The Morgan fingerprint density at radius 3 is 2.71 bits per heavy atom. The van der Waals surface area contributed by atoms with Gasteiger partial charge in [-0.1, -0.05) is 17.7 Å². The summed E-state index contributed by atoms with van der Waals surface area (Å²) in [5.74, 6) is -0.435. The maximum absolute atomic E-state index is 12.7. The summed E-state index contributed by atoms with van der Waals surface area (Å²) in [6.07, 6.45) is -0.134. The molecule has 11 heteroatoms. The number of fused-ring (bicyclic) bond motifs is 1. The second-order valence-corrected chi connectivity index (χ2v) is 8.55. The number of carbonyl (C=O) groups excluding carboxylic acids is 1. The molecular formula is C17H16ClN3O6S. The molecule has 0 fully saturated rings.